The van der Waals surface area contributed by atoms with Gasteiger partial charge in [-0.05, 0) is 12.8 Å². The van der Waals surface area contributed by atoms with Gasteiger partial charge in [-0.1, -0.05) is 0 Å². The fraction of sp³-hybridized carbons (Fsp3) is 0.889. The van der Waals surface area contributed by atoms with Crippen LogP contribution in [0.25, 0.3) is 0 Å². The maximum Gasteiger partial charge on any atom is 0.322 e. The van der Waals surface area contributed by atoms with Crippen LogP contribution in [-0.2, 0) is 24.7 Å². The summed E-state index contributed by atoms with van der Waals surface area (Å²) in [6, 6.07) is -1.03. The first-order chi connectivity index (χ1) is 8.74. The average molecular weight is 329 g/mol. The Labute approximate surface area is 116 Å². The Balaban J connectivity index is 2.17. The van der Waals surface area contributed by atoms with Crippen LogP contribution in [0.4, 0.5) is 0 Å². The number of hydrogen-bond acceptors (Lipinski definition) is 6. The Bertz CT molecular complexity index is 555. The van der Waals surface area contributed by atoms with Crippen molar-refractivity contribution < 1.29 is 26.7 Å². The quantitative estimate of drug-likeness (QED) is 0.733. The molecule has 0 aromatic carbocycles. The predicted octanol–water partition coefficient (Wildman–Crippen LogP) is -0.647. The van der Waals surface area contributed by atoms with E-state index in [9.17, 15) is 21.6 Å². The third-order valence-electron chi connectivity index (χ3n) is 3.38. The highest BCUT2D eigenvalue weighted by atomic mass is 32.2. The number of carboxylic acids is 1. The van der Waals surface area contributed by atoms with E-state index in [1.165, 1.54) is 11.8 Å². The van der Waals surface area contributed by atoms with Crippen molar-refractivity contribution in [1.29, 1.82) is 0 Å². The molecular weight excluding hydrogens is 314 g/mol. The summed E-state index contributed by atoms with van der Waals surface area (Å²) >= 11 is 1.26. The molecule has 2 aliphatic rings. The Morgan fingerprint density at radius 2 is 1.84 bits per heavy atom. The highest BCUT2D eigenvalue weighted by molar-refractivity contribution is 8.00. The lowest BCUT2D eigenvalue weighted by Crippen LogP contribution is -2.47. The van der Waals surface area contributed by atoms with Crippen molar-refractivity contribution in [2.45, 2.75) is 24.1 Å². The van der Waals surface area contributed by atoms with Crippen LogP contribution in [0.1, 0.15) is 12.8 Å². The van der Waals surface area contributed by atoms with Gasteiger partial charge >= 0.3 is 5.97 Å². The minimum atomic E-state index is -3.74. The number of sulfonamides is 1. The Morgan fingerprint density at radius 1 is 1.26 bits per heavy atom. The summed E-state index contributed by atoms with van der Waals surface area (Å²) in [7, 11) is -6.87. The van der Waals surface area contributed by atoms with Crippen molar-refractivity contribution in [3.8, 4) is 0 Å². The molecule has 0 aliphatic carbocycles. The second-order valence-electron chi connectivity index (χ2n) is 4.64. The molecule has 110 valence electrons. The first-order valence-corrected chi connectivity index (χ1v) is 10.2. The van der Waals surface area contributed by atoms with Crippen LogP contribution in [-0.4, -0.2) is 66.6 Å². The van der Waals surface area contributed by atoms with Gasteiger partial charge in [0.1, 0.15) is 15.9 Å². The largest absolute Gasteiger partial charge is 0.480 e. The number of carbonyl (C=O) groups is 1. The van der Waals surface area contributed by atoms with Gasteiger partial charge in [0.15, 0.2) is 0 Å². The number of thioether (sulfide) groups is 1. The third-order valence-corrected chi connectivity index (χ3v) is 8.62. The van der Waals surface area contributed by atoms with Gasteiger partial charge in [-0.15, -0.1) is 11.8 Å². The zero-order valence-corrected chi connectivity index (χ0v) is 12.5. The van der Waals surface area contributed by atoms with Gasteiger partial charge < -0.3 is 5.11 Å². The van der Waals surface area contributed by atoms with Crippen LogP contribution in [0.2, 0.25) is 0 Å². The molecule has 7 nitrogen and oxygen atoms in total. The summed E-state index contributed by atoms with van der Waals surface area (Å²) in [5.41, 5.74) is 0. The van der Waals surface area contributed by atoms with E-state index in [1.807, 2.05) is 0 Å². The zero-order chi connectivity index (χ0) is 14.3. The van der Waals surface area contributed by atoms with Gasteiger partial charge in [0.05, 0.1) is 22.6 Å². The van der Waals surface area contributed by atoms with Crippen LogP contribution >= 0.6 is 11.8 Å². The molecule has 0 aromatic rings. The van der Waals surface area contributed by atoms with Crippen molar-refractivity contribution in [3.05, 3.63) is 0 Å². The van der Waals surface area contributed by atoms with E-state index in [2.05, 4.69) is 0 Å². The summed E-state index contributed by atoms with van der Waals surface area (Å²) in [5, 5.41) is 8.23. The smallest absolute Gasteiger partial charge is 0.322 e. The highest BCUT2D eigenvalue weighted by Gasteiger charge is 2.44. The fourth-order valence-corrected chi connectivity index (χ4v) is 7.67. The zero-order valence-electron chi connectivity index (χ0n) is 10.1. The van der Waals surface area contributed by atoms with Crippen LogP contribution < -0.4 is 0 Å². The minimum Gasteiger partial charge on any atom is -0.480 e. The molecule has 1 N–H and O–H groups in total. The lowest BCUT2D eigenvalue weighted by atomic mass is 10.2. The maximum atomic E-state index is 12.4. The van der Waals surface area contributed by atoms with Crippen LogP contribution in [0.15, 0.2) is 0 Å². The first kappa shape index (κ1) is 15.1. The van der Waals surface area contributed by atoms with Crippen LogP contribution in [0, 0.1) is 0 Å². The van der Waals surface area contributed by atoms with Crippen molar-refractivity contribution in [3.63, 3.8) is 0 Å². The molecule has 0 radical (unpaired) electrons. The Hall–Kier alpha value is -0.320. The molecule has 2 fully saturated rings. The molecule has 2 aliphatic heterocycles. The molecular formula is C9H15NO6S3. The number of carboxylic acid groups (broad SMARTS) is 1. The normalized spacial score (nSPS) is 29.4. The van der Waals surface area contributed by atoms with Crippen molar-refractivity contribution in [1.82, 2.24) is 4.31 Å². The van der Waals surface area contributed by atoms with Crippen LogP contribution in [0.5, 0.6) is 0 Å². The van der Waals surface area contributed by atoms with Gasteiger partial charge in [-0.25, -0.2) is 16.8 Å². The molecule has 2 saturated heterocycles. The molecule has 19 heavy (non-hydrogen) atoms. The molecule has 0 aromatic heterocycles. The average Bonchev–Trinajstić information content (AvgIpc) is 2.77. The molecule has 1 unspecified atom stereocenters. The summed E-state index contributed by atoms with van der Waals surface area (Å²) < 4.78 is 48.4. The summed E-state index contributed by atoms with van der Waals surface area (Å²) in [5.74, 6) is -1.08. The number of hydrogen-bond donors (Lipinski definition) is 1. The van der Waals surface area contributed by atoms with E-state index in [1.54, 1.807) is 0 Å². The van der Waals surface area contributed by atoms with Gasteiger partial charge in [0.2, 0.25) is 10.0 Å². The molecule has 2 heterocycles. The van der Waals surface area contributed by atoms with E-state index < -0.39 is 37.1 Å². The van der Waals surface area contributed by atoms with Gasteiger partial charge in [-0.3, -0.25) is 4.79 Å². The first-order valence-electron chi connectivity index (χ1n) is 5.76. The van der Waals surface area contributed by atoms with Gasteiger partial charge in [0, 0.05) is 5.75 Å². The van der Waals surface area contributed by atoms with E-state index in [0.717, 1.165) is 4.31 Å². The molecule has 2 rings (SSSR count). The van der Waals surface area contributed by atoms with Crippen molar-refractivity contribution >= 4 is 37.6 Å². The van der Waals surface area contributed by atoms with Crippen molar-refractivity contribution in [2.75, 3.05) is 23.1 Å². The van der Waals surface area contributed by atoms with Crippen LogP contribution in [0.3, 0.4) is 0 Å². The topological polar surface area (TPSA) is 109 Å². The second kappa shape index (κ2) is 5.23. The number of sulfone groups is 1. The third kappa shape index (κ3) is 3.06. The maximum absolute atomic E-state index is 12.4. The van der Waals surface area contributed by atoms with Gasteiger partial charge in [-0.2, -0.15) is 4.31 Å². The lowest BCUT2D eigenvalue weighted by molar-refractivity contribution is -0.140. The van der Waals surface area contributed by atoms with E-state index >= 15 is 0 Å². The summed E-state index contributed by atoms with van der Waals surface area (Å²) in [6.45, 7) is 0. The molecule has 0 saturated carbocycles. The molecule has 1 atom stereocenters. The summed E-state index contributed by atoms with van der Waals surface area (Å²) in [6.07, 6.45) is 0.107. The number of aliphatic carboxylic acids is 1. The van der Waals surface area contributed by atoms with E-state index in [0.29, 0.717) is 0 Å². The van der Waals surface area contributed by atoms with Crippen molar-refractivity contribution in [2.24, 2.45) is 0 Å². The monoisotopic (exact) mass is 329 g/mol. The standard InChI is InChI=1S/C9H15NO6S3/c11-9(12)8-5-17-6-10(8)19(15,16)7-1-3-18(13,14)4-2-7/h7-8H,1-6H2,(H,11,12). The number of nitrogens with zero attached hydrogens (tertiary/aromatic N) is 1. The summed E-state index contributed by atoms with van der Waals surface area (Å²) in [4.78, 5) is 11.0. The Morgan fingerprint density at radius 3 is 2.37 bits per heavy atom. The fourth-order valence-electron chi connectivity index (χ4n) is 2.23. The van der Waals surface area contributed by atoms with E-state index in [-0.39, 0.29) is 36.0 Å². The van der Waals surface area contributed by atoms with Gasteiger partial charge in [0.25, 0.3) is 0 Å². The Kier molecular flexibility index (Phi) is 4.15. The molecule has 0 bridgehead atoms. The molecule has 0 spiro atoms. The van der Waals surface area contributed by atoms with E-state index in [4.69, 9.17) is 5.11 Å². The highest BCUT2D eigenvalue weighted by Crippen LogP contribution is 2.30. The SMILES string of the molecule is O=C(O)C1CSCN1S(=O)(=O)C1CCS(=O)(=O)CC1. The number of rotatable bonds is 3. The second-order valence-corrected chi connectivity index (χ2v) is 10.1. The predicted molar refractivity (Wildman–Crippen MR) is 71.2 cm³/mol. The lowest BCUT2D eigenvalue weighted by Gasteiger charge is -2.28. The minimum absolute atomic E-state index is 0.0537. The molecule has 0 amide bonds. The molecule has 10 heteroatoms.